The highest BCUT2D eigenvalue weighted by atomic mass is 19.4. The van der Waals surface area contributed by atoms with Crippen molar-refractivity contribution in [1.82, 2.24) is 4.98 Å². The molecule has 1 aromatic heterocycles. The van der Waals surface area contributed by atoms with Gasteiger partial charge in [-0.1, -0.05) is 0 Å². The molecule has 0 saturated heterocycles. The summed E-state index contributed by atoms with van der Waals surface area (Å²) in [5, 5.41) is 0. The van der Waals surface area contributed by atoms with E-state index in [2.05, 4.69) is 4.98 Å². The summed E-state index contributed by atoms with van der Waals surface area (Å²) in [4.78, 5) is 4.09. The van der Waals surface area contributed by atoms with Crippen LogP contribution in [0.3, 0.4) is 0 Å². The van der Waals surface area contributed by atoms with Gasteiger partial charge >= 0.3 is 6.18 Å². The van der Waals surface area contributed by atoms with Crippen LogP contribution in [0.4, 0.5) is 13.2 Å². The molecule has 0 spiro atoms. The Morgan fingerprint density at radius 1 is 1.27 bits per heavy atom. The zero-order valence-electron chi connectivity index (χ0n) is 8.64. The average molecular weight is 217 g/mol. The number of unbranched alkanes of at least 4 members (excludes halogenated alkanes) is 1. The van der Waals surface area contributed by atoms with Crippen molar-refractivity contribution >= 4 is 0 Å². The number of aromatic nitrogens is 1. The van der Waals surface area contributed by atoms with Crippen LogP contribution in [0.5, 0.6) is 0 Å². The molecule has 0 fully saturated rings. The van der Waals surface area contributed by atoms with Crippen molar-refractivity contribution < 1.29 is 13.2 Å². The van der Waals surface area contributed by atoms with E-state index in [1.54, 1.807) is 6.20 Å². The number of hydrogen-bond donors (Lipinski definition) is 0. The molecule has 4 heteroatoms. The Morgan fingerprint density at radius 2 is 2.00 bits per heavy atom. The molecule has 0 radical (unpaired) electrons. The van der Waals surface area contributed by atoms with E-state index in [0.29, 0.717) is 12.8 Å². The van der Waals surface area contributed by atoms with Gasteiger partial charge in [-0.25, -0.2) is 0 Å². The highest BCUT2D eigenvalue weighted by Gasteiger charge is 2.25. The van der Waals surface area contributed by atoms with Gasteiger partial charge in [-0.2, -0.15) is 13.2 Å². The van der Waals surface area contributed by atoms with Crippen LogP contribution in [0.2, 0.25) is 0 Å². The lowest BCUT2D eigenvalue weighted by Crippen LogP contribution is -2.06. The van der Waals surface area contributed by atoms with E-state index in [4.69, 9.17) is 0 Å². The van der Waals surface area contributed by atoms with Crippen molar-refractivity contribution in [2.24, 2.45) is 0 Å². The minimum atomic E-state index is -4.03. The summed E-state index contributed by atoms with van der Waals surface area (Å²) in [7, 11) is 0. The summed E-state index contributed by atoms with van der Waals surface area (Å²) in [6.07, 6.45) is -1.69. The van der Waals surface area contributed by atoms with Gasteiger partial charge in [-0.3, -0.25) is 4.98 Å². The lowest BCUT2D eigenvalue weighted by atomic mass is 10.1. The van der Waals surface area contributed by atoms with Gasteiger partial charge in [0.2, 0.25) is 0 Å². The largest absolute Gasteiger partial charge is 0.389 e. The van der Waals surface area contributed by atoms with Crippen molar-refractivity contribution in [2.45, 2.75) is 38.8 Å². The van der Waals surface area contributed by atoms with Gasteiger partial charge in [0.1, 0.15) is 0 Å². The molecule has 0 aliphatic heterocycles. The Kier molecular flexibility index (Phi) is 4.12. The second-order valence-corrected chi connectivity index (χ2v) is 3.65. The van der Waals surface area contributed by atoms with Crippen molar-refractivity contribution in [3.63, 3.8) is 0 Å². The van der Waals surface area contributed by atoms with E-state index in [0.717, 1.165) is 11.3 Å². The highest BCUT2D eigenvalue weighted by Crippen LogP contribution is 2.22. The van der Waals surface area contributed by atoms with Crippen molar-refractivity contribution in [3.8, 4) is 0 Å². The van der Waals surface area contributed by atoms with Crippen molar-refractivity contribution in [1.29, 1.82) is 0 Å². The zero-order chi connectivity index (χ0) is 11.3. The summed E-state index contributed by atoms with van der Waals surface area (Å²) >= 11 is 0. The van der Waals surface area contributed by atoms with Crippen LogP contribution >= 0.6 is 0 Å². The number of rotatable bonds is 4. The molecule has 1 heterocycles. The molecule has 0 saturated carbocycles. The molecular weight excluding hydrogens is 203 g/mol. The molecule has 1 rings (SSSR count). The normalized spacial score (nSPS) is 11.7. The Morgan fingerprint density at radius 3 is 2.60 bits per heavy atom. The lowest BCUT2D eigenvalue weighted by molar-refractivity contribution is -0.135. The summed E-state index contributed by atoms with van der Waals surface area (Å²) in [5.41, 5.74) is 1.97. The van der Waals surface area contributed by atoms with E-state index < -0.39 is 12.6 Å². The van der Waals surface area contributed by atoms with Crippen LogP contribution in [0.25, 0.3) is 0 Å². The van der Waals surface area contributed by atoms with Crippen LogP contribution in [0.15, 0.2) is 18.3 Å². The van der Waals surface area contributed by atoms with E-state index in [9.17, 15) is 13.2 Å². The predicted molar refractivity (Wildman–Crippen MR) is 52.6 cm³/mol. The Bertz CT molecular complexity index is 307. The molecule has 0 atom stereocenters. The van der Waals surface area contributed by atoms with Crippen LogP contribution < -0.4 is 0 Å². The topological polar surface area (TPSA) is 12.9 Å². The molecule has 0 bridgehead atoms. The molecule has 15 heavy (non-hydrogen) atoms. The Balaban J connectivity index is 2.26. The van der Waals surface area contributed by atoms with Gasteiger partial charge in [0.25, 0.3) is 0 Å². The number of hydrogen-bond acceptors (Lipinski definition) is 1. The first-order valence-electron chi connectivity index (χ1n) is 4.96. The number of aryl methyl sites for hydroxylation is 2. The first kappa shape index (κ1) is 12.0. The van der Waals surface area contributed by atoms with Crippen LogP contribution in [-0.2, 0) is 6.42 Å². The molecule has 0 aliphatic carbocycles. The van der Waals surface area contributed by atoms with Crippen LogP contribution in [0.1, 0.15) is 30.5 Å². The third-order valence-electron chi connectivity index (χ3n) is 2.12. The van der Waals surface area contributed by atoms with Crippen molar-refractivity contribution in [3.05, 3.63) is 29.6 Å². The number of alkyl halides is 3. The van der Waals surface area contributed by atoms with Crippen molar-refractivity contribution in [2.75, 3.05) is 0 Å². The van der Waals surface area contributed by atoms with E-state index in [-0.39, 0.29) is 6.42 Å². The first-order valence-corrected chi connectivity index (χ1v) is 4.96. The summed E-state index contributed by atoms with van der Waals surface area (Å²) < 4.78 is 35.5. The molecule has 84 valence electrons. The van der Waals surface area contributed by atoms with Gasteiger partial charge in [-0.15, -0.1) is 0 Å². The second-order valence-electron chi connectivity index (χ2n) is 3.65. The molecule has 0 aliphatic rings. The molecule has 1 aromatic rings. The zero-order valence-corrected chi connectivity index (χ0v) is 8.64. The summed E-state index contributed by atoms with van der Waals surface area (Å²) in [5.74, 6) is 0. The average Bonchev–Trinajstić information content (AvgIpc) is 2.11. The monoisotopic (exact) mass is 217 g/mol. The van der Waals surface area contributed by atoms with Gasteiger partial charge in [0.15, 0.2) is 0 Å². The number of pyridine rings is 1. The molecule has 0 N–H and O–H groups in total. The first-order chi connectivity index (χ1) is 6.97. The Labute approximate surface area is 87.3 Å². The summed E-state index contributed by atoms with van der Waals surface area (Å²) in [6, 6.07) is 3.78. The van der Waals surface area contributed by atoms with Gasteiger partial charge in [0.05, 0.1) is 0 Å². The van der Waals surface area contributed by atoms with Gasteiger partial charge in [0, 0.05) is 18.3 Å². The third-order valence-corrected chi connectivity index (χ3v) is 2.12. The summed E-state index contributed by atoms with van der Waals surface area (Å²) in [6.45, 7) is 1.95. The minimum Gasteiger partial charge on any atom is -0.261 e. The lowest BCUT2D eigenvalue weighted by Gasteiger charge is -2.05. The fourth-order valence-corrected chi connectivity index (χ4v) is 1.37. The maximum Gasteiger partial charge on any atom is 0.389 e. The van der Waals surface area contributed by atoms with Gasteiger partial charge in [-0.05, 0) is 43.9 Å². The third kappa shape index (κ3) is 5.40. The second kappa shape index (κ2) is 5.14. The highest BCUT2D eigenvalue weighted by molar-refractivity contribution is 5.14. The number of nitrogens with zero attached hydrogens (tertiary/aromatic N) is 1. The maximum atomic E-state index is 11.8. The van der Waals surface area contributed by atoms with E-state index in [1.165, 1.54) is 0 Å². The molecule has 0 amide bonds. The molecular formula is C11H14F3N. The van der Waals surface area contributed by atoms with E-state index in [1.807, 2.05) is 19.1 Å². The maximum absolute atomic E-state index is 11.8. The van der Waals surface area contributed by atoms with Gasteiger partial charge < -0.3 is 0 Å². The smallest absolute Gasteiger partial charge is 0.261 e. The SMILES string of the molecule is Cc1ccnc(CCCCC(F)(F)F)c1. The molecule has 0 aromatic carbocycles. The number of halogens is 3. The fraction of sp³-hybridized carbons (Fsp3) is 0.545. The minimum absolute atomic E-state index is 0.180. The van der Waals surface area contributed by atoms with E-state index >= 15 is 0 Å². The quantitative estimate of drug-likeness (QED) is 0.701. The molecule has 1 nitrogen and oxygen atoms in total. The standard InChI is InChI=1S/C11H14F3N/c1-9-5-7-15-10(8-9)4-2-3-6-11(12,13)14/h5,7-8H,2-4,6H2,1H3. The Hall–Kier alpha value is -1.06. The predicted octanol–water partition coefficient (Wildman–Crippen LogP) is 3.67. The van der Waals surface area contributed by atoms with Crippen LogP contribution in [0, 0.1) is 6.92 Å². The fourth-order valence-electron chi connectivity index (χ4n) is 1.37. The molecule has 0 unspecified atom stereocenters. The van der Waals surface area contributed by atoms with Crippen LogP contribution in [-0.4, -0.2) is 11.2 Å².